The van der Waals surface area contributed by atoms with Crippen LogP contribution in [0.15, 0.2) is 60.9 Å². The van der Waals surface area contributed by atoms with Gasteiger partial charge in [-0.05, 0) is 55.5 Å². The van der Waals surface area contributed by atoms with Gasteiger partial charge in [0.05, 0.1) is 11.3 Å². The Kier molecular flexibility index (Phi) is 6.09. The largest absolute Gasteiger partial charge is 0.426 e. The number of hydrogen-bond donors (Lipinski definition) is 1. The summed E-state index contributed by atoms with van der Waals surface area (Å²) in [4.78, 5) is 29.2. The van der Waals surface area contributed by atoms with Crippen LogP contribution in [0.1, 0.15) is 37.8 Å². The number of rotatable bonds is 6. The van der Waals surface area contributed by atoms with Gasteiger partial charge >= 0.3 is 5.97 Å². The van der Waals surface area contributed by atoms with Crippen LogP contribution < -0.4 is 10.5 Å². The van der Waals surface area contributed by atoms with Crippen LogP contribution in [0.4, 0.5) is 0 Å². The Balaban J connectivity index is 1.78. The summed E-state index contributed by atoms with van der Waals surface area (Å²) < 4.78 is 5.46. The van der Waals surface area contributed by atoms with Crippen molar-refractivity contribution in [2.45, 2.75) is 33.1 Å². The van der Waals surface area contributed by atoms with Gasteiger partial charge in [-0.15, -0.1) is 0 Å². The van der Waals surface area contributed by atoms with Crippen LogP contribution in [-0.4, -0.2) is 23.3 Å². The smallest absolute Gasteiger partial charge is 0.316 e. The maximum Gasteiger partial charge on any atom is 0.316 e. The molecule has 0 amide bonds. The maximum absolute atomic E-state index is 13.0. The third-order valence-corrected chi connectivity index (χ3v) is 4.79. The first-order valence-corrected chi connectivity index (χ1v) is 9.65. The van der Waals surface area contributed by atoms with E-state index in [0.717, 1.165) is 21.9 Å². The molecule has 1 unspecified atom stereocenters. The van der Waals surface area contributed by atoms with Crippen LogP contribution in [0.2, 0.25) is 0 Å². The van der Waals surface area contributed by atoms with Gasteiger partial charge in [0, 0.05) is 30.7 Å². The lowest BCUT2D eigenvalue weighted by atomic mass is 9.90. The van der Waals surface area contributed by atoms with E-state index in [1.54, 1.807) is 51.4 Å². The molecular weight excluding hydrogens is 364 g/mol. The molecule has 29 heavy (non-hydrogen) atoms. The molecule has 1 aromatic heterocycles. The summed E-state index contributed by atoms with van der Waals surface area (Å²) in [6.45, 7) is 5.58. The van der Waals surface area contributed by atoms with E-state index in [0.29, 0.717) is 5.75 Å². The van der Waals surface area contributed by atoms with Gasteiger partial charge in [-0.3, -0.25) is 14.6 Å². The zero-order valence-corrected chi connectivity index (χ0v) is 17.0. The minimum absolute atomic E-state index is 0.0280. The van der Waals surface area contributed by atoms with Gasteiger partial charge < -0.3 is 10.5 Å². The van der Waals surface area contributed by atoms with Crippen molar-refractivity contribution >= 4 is 22.5 Å². The number of ether oxygens (including phenoxy) is 1. The second-order valence-corrected chi connectivity index (χ2v) is 8.20. The van der Waals surface area contributed by atoms with E-state index < -0.39 is 11.3 Å². The number of carbonyl (C=O) groups excluding carboxylic acids is 2. The molecule has 0 fully saturated rings. The summed E-state index contributed by atoms with van der Waals surface area (Å²) in [5.41, 5.74) is 7.01. The van der Waals surface area contributed by atoms with Crippen LogP contribution in [0.3, 0.4) is 0 Å². The molecule has 0 saturated heterocycles. The molecule has 2 aromatic carbocycles. The van der Waals surface area contributed by atoms with Crippen LogP contribution >= 0.6 is 0 Å². The van der Waals surface area contributed by atoms with E-state index in [1.807, 2.05) is 30.3 Å². The summed E-state index contributed by atoms with van der Waals surface area (Å²) in [6.07, 6.45) is 3.82. The molecule has 2 N–H and O–H groups in total. The van der Waals surface area contributed by atoms with Gasteiger partial charge in [0.2, 0.25) is 0 Å². The average molecular weight is 390 g/mol. The first-order valence-electron chi connectivity index (χ1n) is 9.65. The van der Waals surface area contributed by atoms with Crippen molar-refractivity contribution in [3.63, 3.8) is 0 Å². The predicted molar refractivity (Wildman–Crippen MR) is 114 cm³/mol. The fourth-order valence-corrected chi connectivity index (χ4v) is 3.08. The van der Waals surface area contributed by atoms with Crippen LogP contribution in [0.25, 0.3) is 10.8 Å². The number of ketones is 1. The number of Topliss-reactive ketones (excluding diaryl/α,β-unsaturated/α-hetero) is 1. The Morgan fingerprint density at radius 1 is 1.07 bits per heavy atom. The monoisotopic (exact) mass is 390 g/mol. The zero-order chi connectivity index (χ0) is 21.0. The Hall–Kier alpha value is -3.05. The SMILES string of the molecule is CC(C)(C)C(=O)Oc1cccc(C(CN)C(=O)Cc2ccc3cnccc3c2)c1. The van der Waals surface area contributed by atoms with E-state index >= 15 is 0 Å². The zero-order valence-electron chi connectivity index (χ0n) is 17.0. The number of nitrogens with zero attached hydrogens (tertiary/aromatic N) is 1. The molecule has 3 rings (SSSR count). The van der Waals surface area contributed by atoms with Gasteiger partial charge in [0.1, 0.15) is 11.5 Å². The molecule has 1 heterocycles. The van der Waals surface area contributed by atoms with Crippen molar-refractivity contribution in [2.75, 3.05) is 6.54 Å². The van der Waals surface area contributed by atoms with Gasteiger partial charge in [0.25, 0.3) is 0 Å². The number of benzene rings is 2. The first kappa shape index (κ1) is 20.7. The molecule has 0 aliphatic rings. The molecule has 150 valence electrons. The molecule has 5 nitrogen and oxygen atoms in total. The molecule has 0 saturated carbocycles. The Labute approximate surface area is 170 Å². The molecule has 0 radical (unpaired) electrons. The van der Waals surface area contributed by atoms with Crippen molar-refractivity contribution in [2.24, 2.45) is 11.1 Å². The fourth-order valence-electron chi connectivity index (χ4n) is 3.08. The number of hydrogen-bond acceptors (Lipinski definition) is 5. The first-order chi connectivity index (χ1) is 13.8. The van der Waals surface area contributed by atoms with E-state index in [1.165, 1.54) is 0 Å². The standard InChI is InChI=1S/C24H26N2O3/c1-24(2,3)23(28)29-20-6-4-5-18(13-20)21(14-25)22(27)12-16-7-8-19-15-26-10-9-17(19)11-16/h4-11,13,15,21H,12,14,25H2,1-3H3. The predicted octanol–water partition coefficient (Wildman–Crippen LogP) is 4.04. The van der Waals surface area contributed by atoms with Crippen molar-refractivity contribution in [1.82, 2.24) is 4.98 Å². The molecule has 1 atom stereocenters. The minimum atomic E-state index is -0.606. The topological polar surface area (TPSA) is 82.3 Å². The molecular formula is C24H26N2O3. The number of nitrogens with two attached hydrogens (primary N) is 1. The van der Waals surface area contributed by atoms with E-state index in [-0.39, 0.29) is 24.7 Å². The number of pyridine rings is 1. The number of aromatic nitrogens is 1. The Morgan fingerprint density at radius 2 is 1.86 bits per heavy atom. The lowest BCUT2D eigenvalue weighted by Crippen LogP contribution is -2.26. The second kappa shape index (κ2) is 8.53. The van der Waals surface area contributed by atoms with Crippen molar-refractivity contribution in [3.05, 3.63) is 72.1 Å². The third kappa shape index (κ3) is 5.06. The molecule has 0 spiro atoms. The van der Waals surface area contributed by atoms with E-state index in [2.05, 4.69) is 4.98 Å². The third-order valence-electron chi connectivity index (χ3n) is 4.79. The number of carbonyl (C=O) groups is 2. The van der Waals surface area contributed by atoms with Gasteiger partial charge in [0.15, 0.2) is 0 Å². The van der Waals surface area contributed by atoms with Crippen LogP contribution in [0.5, 0.6) is 5.75 Å². The molecule has 0 aliphatic carbocycles. The summed E-state index contributed by atoms with van der Waals surface area (Å²) >= 11 is 0. The van der Waals surface area contributed by atoms with Crippen molar-refractivity contribution in [3.8, 4) is 5.75 Å². The van der Waals surface area contributed by atoms with E-state index in [9.17, 15) is 9.59 Å². The highest BCUT2D eigenvalue weighted by Crippen LogP contribution is 2.25. The summed E-state index contributed by atoms with van der Waals surface area (Å²) in [5.74, 6) is -0.334. The molecule has 5 heteroatoms. The highest BCUT2D eigenvalue weighted by Gasteiger charge is 2.25. The maximum atomic E-state index is 13.0. The molecule has 0 aliphatic heterocycles. The quantitative estimate of drug-likeness (QED) is 0.507. The minimum Gasteiger partial charge on any atom is -0.426 e. The van der Waals surface area contributed by atoms with Gasteiger partial charge in [-0.2, -0.15) is 0 Å². The van der Waals surface area contributed by atoms with E-state index in [4.69, 9.17) is 10.5 Å². The summed E-state index contributed by atoms with van der Waals surface area (Å²) in [6, 6.07) is 14.9. The van der Waals surface area contributed by atoms with Gasteiger partial charge in [-0.1, -0.05) is 30.3 Å². The normalized spacial score (nSPS) is 12.6. The summed E-state index contributed by atoms with van der Waals surface area (Å²) in [5, 5.41) is 2.08. The van der Waals surface area contributed by atoms with Crippen molar-refractivity contribution in [1.29, 1.82) is 0 Å². The second-order valence-electron chi connectivity index (χ2n) is 8.20. The van der Waals surface area contributed by atoms with Crippen LogP contribution in [-0.2, 0) is 16.0 Å². The molecule has 0 bridgehead atoms. The molecule has 3 aromatic rings. The average Bonchev–Trinajstić information content (AvgIpc) is 2.68. The number of esters is 1. The Bertz CT molecular complexity index is 1040. The lowest BCUT2D eigenvalue weighted by molar-refractivity contribution is -0.143. The highest BCUT2D eigenvalue weighted by atomic mass is 16.5. The lowest BCUT2D eigenvalue weighted by Gasteiger charge is -2.18. The number of fused-ring (bicyclic) bond motifs is 1. The summed E-state index contributed by atoms with van der Waals surface area (Å²) in [7, 11) is 0. The fraction of sp³-hybridized carbons (Fsp3) is 0.292. The van der Waals surface area contributed by atoms with Gasteiger partial charge in [-0.25, -0.2) is 0 Å². The highest BCUT2D eigenvalue weighted by molar-refractivity contribution is 5.90. The van der Waals surface area contributed by atoms with Crippen molar-refractivity contribution < 1.29 is 14.3 Å². The Morgan fingerprint density at radius 3 is 2.59 bits per heavy atom. The van der Waals surface area contributed by atoms with Crippen LogP contribution in [0, 0.1) is 5.41 Å².